The first-order valence-corrected chi connectivity index (χ1v) is 14.0. The van der Waals surface area contributed by atoms with E-state index in [0.717, 1.165) is 27.9 Å². The van der Waals surface area contributed by atoms with E-state index in [4.69, 9.17) is 9.40 Å². The Balaban J connectivity index is 1.48. The highest BCUT2D eigenvalue weighted by atomic mass is 32.1. The number of thiophene rings is 1. The van der Waals surface area contributed by atoms with Crippen molar-refractivity contribution in [3.8, 4) is 0 Å². The molecule has 0 unspecified atom stereocenters. The maximum atomic E-state index is 6.18. The predicted octanol–water partition coefficient (Wildman–Crippen LogP) is 9.36. The van der Waals surface area contributed by atoms with Crippen LogP contribution in [0.25, 0.3) is 74.8 Å². The van der Waals surface area contributed by atoms with Gasteiger partial charge < -0.3 is 8.98 Å². The topological polar surface area (TPSA) is 43.9 Å². The molecule has 0 aliphatic carbocycles. The molecule has 184 valence electrons. The summed E-state index contributed by atoms with van der Waals surface area (Å²) in [6.07, 6.45) is 0. The van der Waals surface area contributed by atoms with Gasteiger partial charge in [0, 0.05) is 37.1 Å². The molecule has 0 spiro atoms. The van der Waals surface area contributed by atoms with Crippen LogP contribution in [0.2, 0.25) is 0 Å². The standard InChI is InChI=1S/C34H21N3OS/c1-19-35-25(31-23-13-5-8-16-27(23)38-34(31)36-19)18-37-26-15-7-4-12-22(26)29-20-10-2-3-11-21(20)30-24-14-6-9-17-28(24)39-33(30)32(29)37/h2-17H,18H2,1H3. The molecule has 4 heterocycles. The number of hydrogen-bond acceptors (Lipinski definition) is 4. The highest BCUT2D eigenvalue weighted by Gasteiger charge is 2.22. The number of aryl methyl sites for hydroxylation is 1. The van der Waals surface area contributed by atoms with Gasteiger partial charge in [-0.15, -0.1) is 11.3 Å². The zero-order chi connectivity index (χ0) is 25.7. The van der Waals surface area contributed by atoms with E-state index in [9.17, 15) is 0 Å². The summed E-state index contributed by atoms with van der Waals surface area (Å²) in [6, 6.07) is 34.6. The van der Waals surface area contributed by atoms with Crippen molar-refractivity contribution in [3.05, 3.63) is 109 Å². The zero-order valence-electron chi connectivity index (χ0n) is 21.1. The van der Waals surface area contributed by atoms with Gasteiger partial charge in [0.05, 0.1) is 27.8 Å². The number of benzene rings is 5. The minimum Gasteiger partial charge on any atom is -0.438 e. The largest absolute Gasteiger partial charge is 0.438 e. The maximum absolute atomic E-state index is 6.18. The van der Waals surface area contributed by atoms with E-state index in [1.165, 1.54) is 52.8 Å². The second-order valence-corrected chi connectivity index (χ2v) is 11.2. The lowest BCUT2D eigenvalue weighted by Crippen LogP contribution is -2.04. The van der Waals surface area contributed by atoms with Crippen LogP contribution in [0.1, 0.15) is 11.5 Å². The Bertz CT molecular complexity index is 2440. The fraction of sp³-hybridized carbons (Fsp3) is 0.0588. The number of para-hydroxylation sites is 2. The van der Waals surface area contributed by atoms with Gasteiger partial charge in [0.1, 0.15) is 11.4 Å². The summed E-state index contributed by atoms with van der Waals surface area (Å²) in [6.45, 7) is 2.56. The van der Waals surface area contributed by atoms with Gasteiger partial charge in [-0.1, -0.05) is 78.9 Å². The van der Waals surface area contributed by atoms with Crippen molar-refractivity contribution in [1.82, 2.24) is 14.5 Å². The van der Waals surface area contributed by atoms with Crippen molar-refractivity contribution in [2.75, 3.05) is 0 Å². The number of hydrogen-bond donors (Lipinski definition) is 0. The van der Waals surface area contributed by atoms with Crippen LogP contribution in [-0.2, 0) is 6.54 Å². The van der Waals surface area contributed by atoms with Crippen molar-refractivity contribution in [2.24, 2.45) is 0 Å². The highest BCUT2D eigenvalue weighted by molar-refractivity contribution is 7.27. The van der Waals surface area contributed by atoms with Crippen molar-refractivity contribution < 1.29 is 4.42 Å². The van der Waals surface area contributed by atoms with Crippen LogP contribution in [0.15, 0.2) is 101 Å². The number of rotatable bonds is 2. The summed E-state index contributed by atoms with van der Waals surface area (Å²) in [4.78, 5) is 9.67. The van der Waals surface area contributed by atoms with E-state index in [1.54, 1.807) is 0 Å². The van der Waals surface area contributed by atoms with Crippen LogP contribution >= 0.6 is 11.3 Å². The van der Waals surface area contributed by atoms with Gasteiger partial charge in [0.25, 0.3) is 0 Å². The third-order valence-electron chi connectivity index (χ3n) is 7.98. The smallest absolute Gasteiger partial charge is 0.230 e. The van der Waals surface area contributed by atoms with E-state index in [0.29, 0.717) is 12.3 Å². The van der Waals surface area contributed by atoms with Crippen molar-refractivity contribution in [1.29, 1.82) is 0 Å². The summed E-state index contributed by atoms with van der Waals surface area (Å²) in [7, 11) is 0. The minimum atomic E-state index is 0.620. The van der Waals surface area contributed by atoms with Crippen molar-refractivity contribution in [2.45, 2.75) is 13.5 Å². The summed E-state index contributed by atoms with van der Waals surface area (Å²) in [5.74, 6) is 0.717. The van der Waals surface area contributed by atoms with Crippen LogP contribution in [0.3, 0.4) is 0 Å². The van der Waals surface area contributed by atoms with Crippen molar-refractivity contribution >= 4 is 86.2 Å². The molecular formula is C34H21N3OS. The first-order valence-electron chi connectivity index (χ1n) is 13.1. The van der Waals surface area contributed by atoms with Gasteiger partial charge in [0.15, 0.2) is 0 Å². The molecule has 0 amide bonds. The molecule has 4 aromatic heterocycles. The number of furan rings is 1. The van der Waals surface area contributed by atoms with Gasteiger partial charge in [-0.25, -0.2) is 4.98 Å². The molecule has 39 heavy (non-hydrogen) atoms. The molecule has 9 rings (SSSR count). The minimum absolute atomic E-state index is 0.620. The number of nitrogens with zero attached hydrogens (tertiary/aromatic N) is 3. The van der Waals surface area contributed by atoms with Gasteiger partial charge in [-0.2, -0.15) is 4.98 Å². The van der Waals surface area contributed by atoms with Crippen LogP contribution < -0.4 is 0 Å². The average Bonchev–Trinajstić information content (AvgIpc) is 3.63. The second kappa shape index (κ2) is 7.65. The quantitative estimate of drug-likeness (QED) is 0.228. The van der Waals surface area contributed by atoms with Crippen LogP contribution in [-0.4, -0.2) is 14.5 Å². The Morgan fingerprint density at radius 3 is 2.18 bits per heavy atom. The van der Waals surface area contributed by atoms with E-state index < -0.39 is 0 Å². The molecule has 4 nitrogen and oxygen atoms in total. The molecule has 0 saturated heterocycles. The molecule has 0 fully saturated rings. The Labute approximate surface area is 226 Å². The second-order valence-electron chi connectivity index (χ2n) is 10.2. The fourth-order valence-corrected chi connectivity index (χ4v) is 7.73. The molecule has 5 aromatic carbocycles. The van der Waals surface area contributed by atoms with Crippen LogP contribution in [0.5, 0.6) is 0 Å². The maximum Gasteiger partial charge on any atom is 0.230 e. The third-order valence-corrected chi connectivity index (χ3v) is 9.16. The summed E-state index contributed by atoms with van der Waals surface area (Å²) in [5, 5.41) is 9.87. The molecule has 0 atom stereocenters. The summed E-state index contributed by atoms with van der Waals surface area (Å²) < 4.78 is 11.3. The average molecular weight is 520 g/mol. The molecule has 5 heteroatoms. The van der Waals surface area contributed by atoms with E-state index in [1.807, 2.05) is 36.5 Å². The van der Waals surface area contributed by atoms with Crippen LogP contribution in [0.4, 0.5) is 0 Å². The van der Waals surface area contributed by atoms with Gasteiger partial charge in [-0.3, -0.25) is 0 Å². The first-order chi connectivity index (χ1) is 19.3. The molecular weight excluding hydrogens is 498 g/mol. The molecule has 0 bridgehead atoms. The molecule has 0 radical (unpaired) electrons. The Kier molecular flexibility index (Phi) is 4.16. The highest BCUT2D eigenvalue weighted by Crippen LogP contribution is 2.47. The van der Waals surface area contributed by atoms with Crippen LogP contribution in [0, 0.1) is 6.92 Å². The summed E-state index contributed by atoms with van der Waals surface area (Å²) in [5.41, 5.74) is 4.95. The summed E-state index contributed by atoms with van der Waals surface area (Å²) >= 11 is 1.88. The van der Waals surface area contributed by atoms with Gasteiger partial charge >= 0.3 is 0 Å². The lowest BCUT2D eigenvalue weighted by molar-refractivity contribution is 0.648. The number of fused-ring (bicyclic) bond motifs is 13. The number of aromatic nitrogens is 3. The van der Waals surface area contributed by atoms with Gasteiger partial charge in [0.2, 0.25) is 5.71 Å². The predicted molar refractivity (Wildman–Crippen MR) is 163 cm³/mol. The van der Waals surface area contributed by atoms with E-state index in [-0.39, 0.29) is 0 Å². The Morgan fingerprint density at radius 1 is 0.667 bits per heavy atom. The Hall–Kier alpha value is -4.74. The van der Waals surface area contributed by atoms with E-state index >= 15 is 0 Å². The van der Waals surface area contributed by atoms with Crippen molar-refractivity contribution in [3.63, 3.8) is 0 Å². The molecule has 0 N–H and O–H groups in total. The zero-order valence-corrected chi connectivity index (χ0v) is 21.9. The lowest BCUT2D eigenvalue weighted by Gasteiger charge is -2.11. The molecule has 0 aliphatic rings. The lowest BCUT2D eigenvalue weighted by atomic mass is 9.99. The molecule has 0 aliphatic heterocycles. The first kappa shape index (κ1) is 21.2. The molecule has 9 aromatic rings. The SMILES string of the molecule is Cc1nc(Cn2c3ccccc3c3c4ccccc4c4c5ccccc5sc4c32)c2c(n1)oc1ccccc12. The van der Waals surface area contributed by atoms with Gasteiger partial charge in [-0.05, 0) is 35.9 Å². The molecule has 0 saturated carbocycles. The Morgan fingerprint density at radius 2 is 1.33 bits per heavy atom. The third kappa shape index (κ3) is 2.83. The monoisotopic (exact) mass is 519 g/mol. The fourth-order valence-electron chi connectivity index (χ4n) is 6.45. The normalized spacial score (nSPS) is 12.3. The van der Waals surface area contributed by atoms with E-state index in [2.05, 4.69) is 88.4 Å².